The van der Waals surface area contributed by atoms with E-state index in [1.54, 1.807) is 17.0 Å². The van der Waals surface area contributed by atoms with Gasteiger partial charge in [-0.2, -0.15) is 0 Å². The predicted molar refractivity (Wildman–Crippen MR) is 76.5 cm³/mol. The molecule has 5 nitrogen and oxygen atoms in total. The first kappa shape index (κ1) is 13.7. The van der Waals surface area contributed by atoms with E-state index in [4.69, 9.17) is 10.5 Å². The lowest BCUT2D eigenvalue weighted by Crippen LogP contribution is -2.47. The molecule has 0 saturated heterocycles. The molecule has 104 valence electrons. The van der Waals surface area contributed by atoms with Crippen LogP contribution in [0.25, 0.3) is 0 Å². The standard InChI is InChI=1S/C14H21N3O2/c1-4-12-14(18)17(8-7-16(2)3)11-6-5-10(15)9-13(11)19-12/h5-6,9,12H,4,7-8,15H2,1-3H3. The second-order valence-electron chi connectivity index (χ2n) is 5.04. The minimum absolute atomic E-state index is 0.0293. The number of amides is 1. The lowest BCUT2D eigenvalue weighted by atomic mass is 10.1. The van der Waals surface area contributed by atoms with Crippen LogP contribution in [0.2, 0.25) is 0 Å². The van der Waals surface area contributed by atoms with Gasteiger partial charge in [0.25, 0.3) is 5.91 Å². The van der Waals surface area contributed by atoms with E-state index in [0.717, 1.165) is 12.2 Å². The van der Waals surface area contributed by atoms with Crippen LogP contribution in [0.4, 0.5) is 11.4 Å². The van der Waals surface area contributed by atoms with Crippen molar-refractivity contribution >= 4 is 17.3 Å². The fourth-order valence-corrected chi connectivity index (χ4v) is 2.13. The Balaban J connectivity index is 2.31. The van der Waals surface area contributed by atoms with E-state index in [9.17, 15) is 4.79 Å². The molecule has 2 rings (SSSR count). The highest BCUT2D eigenvalue weighted by Crippen LogP contribution is 2.36. The highest BCUT2D eigenvalue weighted by atomic mass is 16.5. The van der Waals surface area contributed by atoms with Gasteiger partial charge in [0, 0.05) is 24.8 Å². The first-order chi connectivity index (χ1) is 9.02. The summed E-state index contributed by atoms with van der Waals surface area (Å²) in [6, 6.07) is 5.43. The Hall–Kier alpha value is -1.75. The molecule has 1 heterocycles. The monoisotopic (exact) mass is 263 g/mol. The number of fused-ring (bicyclic) bond motifs is 1. The van der Waals surface area contributed by atoms with Crippen molar-refractivity contribution in [2.45, 2.75) is 19.4 Å². The lowest BCUT2D eigenvalue weighted by molar-refractivity contribution is -0.126. The third kappa shape index (κ3) is 2.81. The molecular weight excluding hydrogens is 242 g/mol. The number of benzene rings is 1. The second-order valence-corrected chi connectivity index (χ2v) is 5.04. The van der Waals surface area contributed by atoms with Crippen molar-refractivity contribution in [2.75, 3.05) is 37.8 Å². The van der Waals surface area contributed by atoms with Crippen molar-refractivity contribution in [3.05, 3.63) is 18.2 Å². The molecule has 0 fully saturated rings. The van der Waals surface area contributed by atoms with Crippen LogP contribution >= 0.6 is 0 Å². The molecular formula is C14H21N3O2. The Bertz CT molecular complexity index is 474. The summed E-state index contributed by atoms with van der Waals surface area (Å²) in [7, 11) is 3.98. The molecule has 0 aliphatic carbocycles. The van der Waals surface area contributed by atoms with Crippen LogP contribution in [0, 0.1) is 0 Å². The summed E-state index contributed by atoms with van der Waals surface area (Å²) in [6.45, 7) is 3.42. The molecule has 0 radical (unpaired) electrons. The van der Waals surface area contributed by atoms with Gasteiger partial charge >= 0.3 is 0 Å². The van der Waals surface area contributed by atoms with Crippen molar-refractivity contribution in [1.29, 1.82) is 0 Å². The van der Waals surface area contributed by atoms with Crippen LogP contribution in [-0.2, 0) is 4.79 Å². The van der Waals surface area contributed by atoms with E-state index >= 15 is 0 Å². The molecule has 1 aliphatic heterocycles. The van der Waals surface area contributed by atoms with E-state index in [1.165, 1.54) is 0 Å². The van der Waals surface area contributed by atoms with Gasteiger partial charge in [0.05, 0.1) is 5.69 Å². The van der Waals surface area contributed by atoms with E-state index in [0.29, 0.717) is 24.4 Å². The van der Waals surface area contributed by atoms with Crippen LogP contribution in [0.15, 0.2) is 18.2 Å². The van der Waals surface area contributed by atoms with Crippen LogP contribution in [-0.4, -0.2) is 44.1 Å². The van der Waals surface area contributed by atoms with Crippen LogP contribution < -0.4 is 15.4 Å². The molecule has 1 aromatic rings. The molecule has 0 bridgehead atoms. The summed E-state index contributed by atoms with van der Waals surface area (Å²) in [6.07, 6.45) is 0.252. The highest BCUT2D eigenvalue weighted by molar-refractivity contribution is 6.00. The normalized spacial score (nSPS) is 18.4. The largest absolute Gasteiger partial charge is 0.478 e. The van der Waals surface area contributed by atoms with Crippen LogP contribution in [0.5, 0.6) is 5.75 Å². The summed E-state index contributed by atoms with van der Waals surface area (Å²) < 4.78 is 5.73. The Labute approximate surface area is 113 Å². The van der Waals surface area contributed by atoms with Crippen molar-refractivity contribution < 1.29 is 9.53 Å². The number of carbonyl (C=O) groups excluding carboxylic acids is 1. The van der Waals surface area contributed by atoms with Gasteiger partial charge in [-0.3, -0.25) is 4.79 Å². The van der Waals surface area contributed by atoms with Gasteiger partial charge in [0.2, 0.25) is 0 Å². The lowest BCUT2D eigenvalue weighted by Gasteiger charge is -2.34. The smallest absolute Gasteiger partial charge is 0.268 e. The molecule has 19 heavy (non-hydrogen) atoms. The Morgan fingerprint density at radius 3 is 2.79 bits per heavy atom. The van der Waals surface area contributed by atoms with Gasteiger partial charge in [-0.1, -0.05) is 6.92 Å². The van der Waals surface area contributed by atoms with Crippen LogP contribution in [0.3, 0.4) is 0 Å². The quantitative estimate of drug-likeness (QED) is 0.833. The first-order valence-electron chi connectivity index (χ1n) is 6.55. The van der Waals surface area contributed by atoms with Crippen molar-refractivity contribution in [3.63, 3.8) is 0 Å². The van der Waals surface area contributed by atoms with E-state index < -0.39 is 6.10 Å². The molecule has 1 amide bonds. The van der Waals surface area contributed by atoms with Crippen molar-refractivity contribution in [3.8, 4) is 5.75 Å². The zero-order valence-corrected chi connectivity index (χ0v) is 11.7. The number of hydrogen-bond donors (Lipinski definition) is 1. The average molecular weight is 263 g/mol. The van der Waals surface area contributed by atoms with E-state index in [-0.39, 0.29) is 5.91 Å². The Morgan fingerprint density at radius 1 is 1.42 bits per heavy atom. The third-order valence-corrected chi connectivity index (χ3v) is 3.23. The zero-order chi connectivity index (χ0) is 14.0. The fraction of sp³-hybridized carbons (Fsp3) is 0.500. The van der Waals surface area contributed by atoms with Gasteiger partial charge < -0.3 is 20.3 Å². The molecule has 5 heteroatoms. The Morgan fingerprint density at radius 2 is 2.16 bits per heavy atom. The van der Waals surface area contributed by atoms with E-state index in [2.05, 4.69) is 4.90 Å². The summed E-state index contributed by atoms with van der Waals surface area (Å²) in [5.74, 6) is 0.729. The summed E-state index contributed by atoms with van der Waals surface area (Å²) in [5.41, 5.74) is 7.24. The molecule has 0 spiro atoms. The minimum Gasteiger partial charge on any atom is -0.478 e. The molecule has 2 N–H and O–H groups in total. The number of anilines is 2. The number of carbonyl (C=O) groups is 1. The summed E-state index contributed by atoms with van der Waals surface area (Å²) >= 11 is 0. The first-order valence-corrected chi connectivity index (χ1v) is 6.55. The van der Waals surface area contributed by atoms with Gasteiger partial charge in [-0.15, -0.1) is 0 Å². The maximum Gasteiger partial charge on any atom is 0.268 e. The molecule has 1 atom stereocenters. The van der Waals surface area contributed by atoms with Gasteiger partial charge in [0.15, 0.2) is 6.10 Å². The third-order valence-electron chi connectivity index (χ3n) is 3.23. The number of hydrogen-bond acceptors (Lipinski definition) is 4. The zero-order valence-electron chi connectivity index (χ0n) is 11.7. The fourth-order valence-electron chi connectivity index (χ4n) is 2.13. The minimum atomic E-state index is -0.406. The number of nitrogen functional groups attached to an aromatic ring is 1. The SMILES string of the molecule is CCC1Oc2cc(N)ccc2N(CCN(C)C)C1=O. The van der Waals surface area contributed by atoms with Crippen molar-refractivity contribution in [2.24, 2.45) is 0 Å². The Kier molecular flexibility index (Phi) is 3.95. The molecule has 0 aromatic heterocycles. The van der Waals surface area contributed by atoms with Gasteiger partial charge in [-0.25, -0.2) is 0 Å². The maximum atomic E-state index is 12.4. The van der Waals surface area contributed by atoms with E-state index in [1.807, 2.05) is 27.1 Å². The van der Waals surface area contributed by atoms with Gasteiger partial charge in [-0.05, 0) is 32.6 Å². The number of nitrogens with two attached hydrogens (primary N) is 1. The predicted octanol–water partition coefficient (Wildman–Crippen LogP) is 1.33. The van der Waals surface area contributed by atoms with Crippen LogP contribution in [0.1, 0.15) is 13.3 Å². The second kappa shape index (κ2) is 5.48. The summed E-state index contributed by atoms with van der Waals surface area (Å²) in [4.78, 5) is 16.2. The average Bonchev–Trinajstić information content (AvgIpc) is 2.37. The van der Waals surface area contributed by atoms with Gasteiger partial charge in [0.1, 0.15) is 5.75 Å². The highest BCUT2D eigenvalue weighted by Gasteiger charge is 2.33. The maximum absolute atomic E-state index is 12.4. The molecule has 0 saturated carbocycles. The molecule has 1 unspecified atom stereocenters. The summed E-state index contributed by atoms with van der Waals surface area (Å²) in [5, 5.41) is 0. The number of rotatable bonds is 4. The number of ether oxygens (including phenoxy) is 1. The molecule has 1 aromatic carbocycles. The molecule has 1 aliphatic rings. The number of nitrogens with zero attached hydrogens (tertiary/aromatic N) is 2. The topological polar surface area (TPSA) is 58.8 Å². The number of likely N-dealkylation sites (N-methyl/N-ethyl adjacent to an activating group) is 1. The van der Waals surface area contributed by atoms with Crippen molar-refractivity contribution in [1.82, 2.24) is 4.90 Å².